The van der Waals surface area contributed by atoms with Crippen molar-refractivity contribution in [3.63, 3.8) is 0 Å². The van der Waals surface area contributed by atoms with Crippen molar-refractivity contribution in [2.75, 3.05) is 26.8 Å². The van der Waals surface area contributed by atoms with Crippen molar-refractivity contribution < 1.29 is 19.4 Å². The van der Waals surface area contributed by atoms with Crippen LogP contribution in [0.3, 0.4) is 0 Å². The molecule has 1 amide bonds. The largest absolute Gasteiger partial charge is 0.478 e. The number of carbonyl (C=O) groups excluding carboxylic acids is 1. The molecule has 8 heteroatoms. The Morgan fingerprint density at radius 2 is 2.40 bits per heavy atom. The van der Waals surface area contributed by atoms with Gasteiger partial charge in [-0.3, -0.25) is 9.69 Å². The molecular formula is C12H16N4O4. The van der Waals surface area contributed by atoms with Crippen molar-refractivity contribution in [3.8, 4) is 0 Å². The first-order valence-corrected chi connectivity index (χ1v) is 6.19. The first kappa shape index (κ1) is 14.4. The molecule has 1 aromatic heterocycles. The quantitative estimate of drug-likeness (QED) is 0.738. The molecule has 0 saturated carbocycles. The highest BCUT2D eigenvalue weighted by Gasteiger charge is 2.30. The minimum atomic E-state index is -1.08. The van der Waals surface area contributed by atoms with Gasteiger partial charge in [-0.05, 0) is 0 Å². The molecule has 108 valence electrons. The van der Waals surface area contributed by atoms with E-state index in [1.54, 1.807) is 7.05 Å². The Labute approximate surface area is 115 Å². The molecule has 8 nitrogen and oxygen atoms in total. The van der Waals surface area contributed by atoms with Gasteiger partial charge in [0.2, 0.25) is 5.91 Å². The summed E-state index contributed by atoms with van der Waals surface area (Å²) in [6.45, 7) is 1.60. The van der Waals surface area contributed by atoms with E-state index < -0.39 is 12.0 Å². The summed E-state index contributed by atoms with van der Waals surface area (Å²) in [5.41, 5.74) is 0.443. The van der Waals surface area contributed by atoms with Crippen LogP contribution in [-0.2, 0) is 16.1 Å². The average Bonchev–Trinajstić information content (AvgIpc) is 2.47. The lowest BCUT2D eigenvalue weighted by Crippen LogP contribution is -2.52. The zero-order chi connectivity index (χ0) is 14.5. The number of nitrogens with zero attached hydrogens (tertiary/aromatic N) is 3. The van der Waals surface area contributed by atoms with Crippen LogP contribution in [0, 0.1) is 0 Å². The number of hydrogen-bond acceptors (Lipinski definition) is 6. The number of rotatable bonds is 4. The molecule has 2 rings (SSSR count). The summed E-state index contributed by atoms with van der Waals surface area (Å²) in [5.74, 6) is -1.24. The van der Waals surface area contributed by atoms with Gasteiger partial charge in [-0.25, -0.2) is 14.8 Å². The van der Waals surface area contributed by atoms with Crippen molar-refractivity contribution in [1.82, 2.24) is 20.2 Å². The number of nitrogens with one attached hydrogen (secondary N) is 1. The highest BCUT2D eigenvalue weighted by molar-refractivity contribution is 5.88. The van der Waals surface area contributed by atoms with Gasteiger partial charge in [-0.15, -0.1) is 0 Å². The Balaban J connectivity index is 2.19. The third kappa shape index (κ3) is 3.09. The second kappa shape index (κ2) is 6.40. The third-order valence-electron chi connectivity index (χ3n) is 3.17. The summed E-state index contributed by atoms with van der Waals surface area (Å²) in [7, 11) is 1.56. The Morgan fingerprint density at radius 1 is 1.60 bits per heavy atom. The number of carboxylic acids is 1. The summed E-state index contributed by atoms with van der Waals surface area (Å²) >= 11 is 0. The van der Waals surface area contributed by atoms with Crippen LogP contribution in [0.1, 0.15) is 16.1 Å². The number of likely N-dealkylation sites (N-methyl/N-ethyl adjacent to an activating group) is 1. The number of aromatic nitrogens is 2. The Bertz CT molecular complexity index is 508. The van der Waals surface area contributed by atoms with Crippen molar-refractivity contribution >= 4 is 11.9 Å². The molecule has 1 unspecified atom stereocenters. The van der Waals surface area contributed by atoms with Gasteiger partial charge in [0, 0.05) is 26.3 Å². The smallest absolute Gasteiger partial charge is 0.339 e. The second-order valence-electron chi connectivity index (χ2n) is 4.36. The summed E-state index contributed by atoms with van der Waals surface area (Å²) in [4.78, 5) is 32.5. The van der Waals surface area contributed by atoms with Crippen LogP contribution < -0.4 is 5.32 Å². The SMILES string of the molecule is CNC(=O)C1COCCN1Cc1ncncc1C(=O)O. The van der Waals surface area contributed by atoms with Gasteiger partial charge in [0.25, 0.3) is 0 Å². The molecule has 0 spiro atoms. The van der Waals surface area contributed by atoms with E-state index in [1.165, 1.54) is 12.5 Å². The van der Waals surface area contributed by atoms with E-state index >= 15 is 0 Å². The lowest BCUT2D eigenvalue weighted by Gasteiger charge is -2.34. The van der Waals surface area contributed by atoms with E-state index in [9.17, 15) is 9.59 Å². The van der Waals surface area contributed by atoms with Crippen molar-refractivity contribution in [3.05, 3.63) is 23.8 Å². The maximum atomic E-state index is 11.8. The van der Waals surface area contributed by atoms with Gasteiger partial charge in [-0.2, -0.15) is 0 Å². The Hall–Kier alpha value is -2.06. The predicted octanol–water partition coefficient (Wildman–Crippen LogP) is -0.878. The molecule has 20 heavy (non-hydrogen) atoms. The van der Waals surface area contributed by atoms with E-state index in [4.69, 9.17) is 9.84 Å². The number of amides is 1. The van der Waals surface area contributed by atoms with E-state index in [0.29, 0.717) is 18.8 Å². The fourth-order valence-electron chi connectivity index (χ4n) is 2.09. The van der Waals surface area contributed by atoms with Crippen molar-refractivity contribution in [1.29, 1.82) is 0 Å². The first-order chi connectivity index (χ1) is 9.63. The van der Waals surface area contributed by atoms with Crippen LogP contribution in [0.2, 0.25) is 0 Å². The molecule has 1 aliphatic rings. The summed E-state index contributed by atoms with van der Waals surface area (Å²) < 4.78 is 5.30. The molecule has 2 N–H and O–H groups in total. The molecule has 2 heterocycles. The van der Waals surface area contributed by atoms with Gasteiger partial charge in [0.05, 0.1) is 18.9 Å². The fourth-order valence-corrected chi connectivity index (χ4v) is 2.09. The summed E-state index contributed by atoms with van der Waals surface area (Å²) in [6, 6.07) is -0.439. The molecule has 0 aromatic carbocycles. The van der Waals surface area contributed by atoms with Crippen LogP contribution in [0.25, 0.3) is 0 Å². The molecule has 0 bridgehead atoms. The number of aromatic carboxylic acids is 1. The lowest BCUT2D eigenvalue weighted by molar-refractivity contribution is -0.132. The zero-order valence-electron chi connectivity index (χ0n) is 11.1. The van der Waals surface area contributed by atoms with E-state index in [0.717, 1.165) is 0 Å². The zero-order valence-corrected chi connectivity index (χ0v) is 11.1. The number of carboxylic acid groups (broad SMARTS) is 1. The molecule has 1 saturated heterocycles. The number of carbonyl (C=O) groups is 2. The lowest BCUT2D eigenvalue weighted by atomic mass is 10.1. The average molecular weight is 280 g/mol. The summed E-state index contributed by atoms with van der Waals surface area (Å²) in [5, 5.41) is 11.7. The Kier molecular flexibility index (Phi) is 4.59. The maximum Gasteiger partial charge on any atom is 0.339 e. The molecule has 1 aliphatic heterocycles. The predicted molar refractivity (Wildman–Crippen MR) is 68.1 cm³/mol. The maximum absolute atomic E-state index is 11.8. The van der Waals surface area contributed by atoms with Crippen molar-refractivity contribution in [2.24, 2.45) is 0 Å². The molecule has 0 aliphatic carbocycles. The van der Waals surface area contributed by atoms with Gasteiger partial charge in [0.15, 0.2) is 0 Å². The number of morpholine rings is 1. The minimum Gasteiger partial charge on any atom is -0.478 e. The van der Waals surface area contributed by atoms with Crippen LogP contribution >= 0.6 is 0 Å². The van der Waals surface area contributed by atoms with Gasteiger partial charge < -0.3 is 15.2 Å². The van der Waals surface area contributed by atoms with E-state index in [-0.39, 0.29) is 24.6 Å². The van der Waals surface area contributed by atoms with E-state index in [2.05, 4.69) is 15.3 Å². The van der Waals surface area contributed by atoms with E-state index in [1.807, 2.05) is 4.90 Å². The molecule has 1 aromatic rings. The van der Waals surface area contributed by atoms with Gasteiger partial charge in [0.1, 0.15) is 17.9 Å². The van der Waals surface area contributed by atoms with Crippen LogP contribution in [0.5, 0.6) is 0 Å². The number of ether oxygens (including phenoxy) is 1. The normalized spacial score (nSPS) is 19.6. The van der Waals surface area contributed by atoms with Gasteiger partial charge >= 0.3 is 5.97 Å². The van der Waals surface area contributed by atoms with Crippen LogP contribution in [0.15, 0.2) is 12.5 Å². The summed E-state index contributed by atoms with van der Waals surface area (Å²) in [6.07, 6.45) is 2.57. The topological polar surface area (TPSA) is 105 Å². The molecule has 0 radical (unpaired) electrons. The first-order valence-electron chi connectivity index (χ1n) is 6.19. The molecule has 1 fully saturated rings. The van der Waals surface area contributed by atoms with Crippen LogP contribution in [-0.4, -0.2) is 64.7 Å². The van der Waals surface area contributed by atoms with Gasteiger partial charge in [-0.1, -0.05) is 0 Å². The highest BCUT2D eigenvalue weighted by atomic mass is 16.5. The second-order valence-corrected chi connectivity index (χ2v) is 4.36. The Morgan fingerprint density at radius 3 is 3.10 bits per heavy atom. The van der Waals surface area contributed by atoms with Crippen molar-refractivity contribution in [2.45, 2.75) is 12.6 Å². The third-order valence-corrected chi connectivity index (χ3v) is 3.17. The number of hydrogen-bond donors (Lipinski definition) is 2. The molecule has 1 atom stereocenters. The standard InChI is InChI=1S/C12H16N4O4/c1-13-11(17)10-6-20-3-2-16(10)5-9-8(12(18)19)4-14-7-15-9/h4,7,10H,2-3,5-6H2,1H3,(H,13,17)(H,18,19). The monoisotopic (exact) mass is 280 g/mol. The highest BCUT2D eigenvalue weighted by Crippen LogP contribution is 2.13. The van der Waals surface area contributed by atoms with Crippen LogP contribution in [0.4, 0.5) is 0 Å². The molecular weight excluding hydrogens is 264 g/mol. The minimum absolute atomic E-state index is 0.0506. The fraction of sp³-hybridized carbons (Fsp3) is 0.500.